The number of aryl methyl sites for hydroxylation is 1. The third-order valence-electron chi connectivity index (χ3n) is 6.15. The summed E-state index contributed by atoms with van der Waals surface area (Å²) in [5.74, 6) is -1.47. The van der Waals surface area contributed by atoms with Crippen LogP contribution in [0.1, 0.15) is 18.4 Å². The van der Waals surface area contributed by atoms with E-state index in [1.54, 1.807) is 12.3 Å². The van der Waals surface area contributed by atoms with E-state index >= 15 is 0 Å². The fraction of sp³-hybridized carbons (Fsp3) is 0.364. The SMILES string of the molecule is O=c1c(CN[C@H]2CCCN(c3ccc([N+](=O)[O-])nc3)C2)cn2c3c(c(F)c(F)cc13)SCC2. The van der Waals surface area contributed by atoms with Gasteiger partial charge < -0.3 is 24.9 Å². The van der Waals surface area contributed by atoms with Crippen LogP contribution in [0.15, 0.2) is 40.3 Å². The third-order valence-corrected chi connectivity index (χ3v) is 7.20. The number of pyridine rings is 2. The second-order valence-corrected chi connectivity index (χ2v) is 9.33. The second kappa shape index (κ2) is 8.71. The minimum atomic E-state index is -1.000. The smallest absolute Gasteiger partial charge is 0.363 e. The van der Waals surface area contributed by atoms with E-state index in [1.165, 1.54) is 24.0 Å². The molecular formula is C22H21F2N5O3S. The van der Waals surface area contributed by atoms with E-state index in [0.717, 1.165) is 31.1 Å². The molecule has 172 valence electrons. The van der Waals surface area contributed by atoms with Crippen molar-refractivity contribution in [3.05, 3.63) is 68.1 Å². The van der Waals surface area contributed by atoms with Crippen LogP contribution in [0.3, 0.4) is 0 Å². The molecule has 0 aliphatic carbocycles. The number of halogens is 2. The molecule has 5 rings (SSSR count). The minimum Gasteiger partial charge on any atom is -0.367 e. The quantitative estimate of drug-likeness (QED) is 0.448. The lowest BCUT2D eigenvalue weighted by Crippen LogP contribution is -2.46. The number of hydrogen-bond acceptors (Lipinski definition) is 7. The van der Waals surface area contributed by atoms with Crippen molar-refractivity contribution in [1.82, 2.24) is 14.9 Å². The highest BCUT2D eigenvalue weighted by atomic mass is 32.2. The van der Waals surface area contributed by atoms with Gasteiger partial charge in [-0.2, -0.15) is 0 Å². The molecule has 0 spiro atoms. The molecule has 33 heavy (non-hydrogen) atoms. The number of nitrogens with zero attached hydrogens (tertiary/aromatic N) is 4. The number of rotatable bonds is 5. The number of benzene rings is 1. The first-order valence-electron chi connectivity index (χ1n) is 10.7. The lowest BCUT2D eigenvalue weighted by Gasteiger charge is -2.34. The second-order valence-electron chi connectivity index (χ2n) is 8.22. The van der Waals surface area contributed by atoms with Gasteiger partial charge in [-0.05, 0) is 34.9 Å². The molecule has 0 unspecified atom stereocenters. The van der Waals surface area contributed by atoms with E-state index in [4.69, 9.17) is 0 Å². The zero-order valence-electron chi connectivity index (χ0n) is 17.6. The van der Waals surface area contributed by atoms with Crippen LogP contribution in [0.25, 0.3) is 10.9 Å². The molecule has 0 amide bonds. The van der Waals surface area contributed by atoms with Crippen LogP contribution in [0.5, 0.6) is 0 Å². The van der Waals surface area contributed by atoms with Gasteiger partial charge in [-0.25, -0.2) is 8.78 Å². The molecule has 2 aliphatic rings. The van der Waals surface area contributed by atoms with Crippen molar-refractivity contribution in [1.29, 1.82) is 0 Å². The maximum absolute atomic E-state index is 14.2. The van der Waals surface area contributed by atoms with E-state index in [-0.39, 0.29) is 27.6 Å². The van der Waals surface area contributed by atoms with Crippen molar-refractivity contribution >= 4 is 34.2 Å². The van der Waals surface area contributed by atoms with Gasteiger partial charge in [0.15, 0.2) is 23.3 Å². The maximum Gasteiger partial charge on any atom is 0.363 e. The van der Waals surface area contributed by atoms with Crippen LogP contribution >= 0.6 is 11.8 Å². The average Bonchev–Trinajstić information content (AvgIpc) is 2.83. The number of thioether (sulfide) groups is 1. The summed E-state index contributed by atoms with van der Waals surface area (Å²) >= 11 is 1.23. The highest BCUT2D eigenvalue weighted by Crippen LogP contribution is 2.35. The molecule has 8 nitrogen and oxygen atoms in total. The average molecular weight is 474 g/mol. The zero-order valence-corrected chi connectivity index (χ0v) is 18.4. The van der Waals surface area contributed by atoms with E-state index < -0.39 is 16.6 Å². The number of anilines is 1. The zero-order chi connectivity index (χ0) is 23.1. The van der Waals surface area contributed by atoms with Gasteiger partial charge in [-0.1, -0.05) is 0 Å². The Hall–Kier alpha value is -3.05. The molecule has 1 saturated heterocycles. The number of piperidine rings is 1. The first kappa shape index (κ1) is 21.8. The predicted molar refractivity (Wildman–Crippen MR) is 122 cm³/mol. The molecule has 11 heteroatoms. The summed E-state index contributed by atoms with van der Waals surface area (Å²) in [5, 5.41) is 14.5. The minimum absolute atomic E-state index is 0.0986. The van der Waals surface area contributed by atoms with Crippen LogP contribution in [0.2, 0.25) is 0 Å². The Morgan fingerprint density at radius 3 is 2.91 bits per heavy atom. The molecule has 1 aromatic carbocycles. The van der Waals surface area contributed by atoms with Crippen molar-refractivity contribution < 1.29 is 13.7 Å². The molecule has 2 aromatic heterocycles. The Kier molecular flexibility index (Phi) is 5.75. The van der Waals surface area contributed by atoms with E-state index in [1.807, 2.05) is 4.57 Å². The standard InChI is InChI=1S/C22H21F2N5O3S/c23-17-8-16-20-22(19(17)24)33-7-6-28(20)11-13(21(16)30)9-25-14-2-1-5-27(12-14)15-3-4-18(26-10-15)29(31)32/h3-4,8,10-11,14,25H,1-2,5-7,9,12H2/t14-/m0/s1. The van der Waals surface area contributed by atoms with Crippen LogP contribution in [0, 0.1) is 21.7 Å². The van der Waals surface area contributed by atoms with Gasteiger partial charge in [-0.15, -0.1) is 11.8 Å². The summed E-state index contributed by atoms with van der Waals surface area (Å²) in [6.45, 7) is 2.41. The first-order chi connectivity index (χ1) is 15.9. The normalized spacial score (nSPS) is 18.0. The van der Waals surface area contributed by atoms with Gasteiger partial charge in [0.1, 0.15) is 0 Å². The largest absolute Gasteiger partial charge is 0.367 e. The van der Waals surface area contributed by atoms with Gasteiger partial charge in [0.05, 0.1) is 21.5 Å². The lowest BCUT2D eigenvalue weighted by molar-refractivity contribution is -0.389. The van der Waals surface area contributed by atoms with Crippen LogP contribution in [-0.2, 0) is 13.1 Å². The maximum atomic E-state index is 14.2. The monoisotopic (exact) mass is 473 g/mol. The summed E-state index contributed by atoms with van der Waals surface area (Å²) in [5.41, 5.74) is 1.50. The summed E-state index contributed by atoms with van der Waals surface area (Å²) in [4.78, 5) is 29.6. The molecule has 3 aromatic rings. The molecule has 2 aliphatic heterocycles. The number of hydrogen-bond donors (Lipinski definition) is 1. The number of aromatic nitrogens is 2. The van der Waals surface area contributed by atoms with Crippen molar-refractivity contribution in [2.24, 2.45) is 0 Å². The lowest BCUT2D eigenvalue weighted by atomic mass is 10.0. The van der Waals surface area contributed by atoms with Gasteiger partial charge in [0, 0.05) is 55.8 Å². The summed E-state index contributed by atoms with van der Waals surface area (Å²) < 4.78 is 30.2. The third kappa shape index (κ3) is 4.06. The Labute approximate surface area is 191 Å². The molecule has 0 bridgehead atoms. The number of nitro groups is 1. The molecule has 1 fully saturated rings. The molecule has 0 saturated carbocycles. The topological polar surface area (TPSA) is 93.3 Å². The highest BCUT2D eigenvalue weighted by Gasteiger charge is 2.24. The van der Waals surface area contributed by atoms with E-state index in [0.29, 0.717) is 36.5 Å². The predicted octanol–water partition coefficient (Wildman–Crippen LogP) is 3.45. The summed E-state index contributed by atoms with van der Waals surface area (Å²) in [7, 11) is 0. The van der Waals surface area contributed by atoms with E-state index in [2.05, 4.69) is 15.2 Å². The van der Waals surface area contributed by atoms with Crippen molar-refractivity contribution in [2.45, 2.75) is 36.9 Å². The van der Waals surface area contributed by atoms with Crippen molar-refractivity contribution in [3.8, 4) is 0 Å². The summed E-state index contributed by atoms with van der Waals surface area (Å²) in [6.07, 6.45) is 5.09. The molecule has 1 N–H and O–H groups in total. The van der Waals surface area contributed by atoms with Crippen molar-refractivity contribution in [2.75, 3.05) is 23.7 Å². The molecular weight excluding hydrogens is 452 g/mol. The van der Waals surface area contributed by atoms with Gasteiger partial charge >= 0.3 is 5.82 Å². The Morgan fingerprint density at radius 1 is 1.30 bits per heavy atom. The van der Waals surface area contributed by atoms with Crippen molar-refractivity contribution in [3.63, 3.8) is 0 Å². The van der Waals surface area contributed by atoms with Crippen LogP contribution < -0.4 is 15.6 Å². The van der Waals surface area contributed by atoms with Crippen LogP contribution in [-0.4, -0.2) is 39.4 Å². The van der Waals surface area contributed by atoms with Gasteiger partial charge in [-0.3, -0.25) is 4.79 Å². The molecule has 0 radical (unpaired) electrons. The fourth-order valence-corrected chi connectivity index (χ4v) is 5.60. The summed E-state index contributed by atoms with van der Waals surface area (Å²) in [6, 6.07) is 4.19. The highest BCUT2D eigenvalue weighted by molar-refractivity contribution is 7.99. The Balaban J connectivity index is 1.34. The number of nitrogens with one attached hydrogen (secondary N) is 1. The molecule has 1 atom stereocenters. The first-order valence-corrected chi connectivity index (χ1v) is 11.7. The van der Waals surface area contributed by atoms with Gasteiger partial charge in [0.2, 0.25) is 0 Å². The Bertz CT molecular complexity index is 1300. The van der Waals surface area contributed by atoms with Crippen LogP contribution in [0.4, 0.5) is 20.3 Å². The molecule has 4 heterocycles. The van der Waals surface area contributed by atoms with E-state index in [9.17, 15) is 23.7 Å². The fourth-order valence-electron chi connectivity index (χ4n) is 4.52. The Morgan fingerprint density at radius 2 is 2.15 bits per heavy atom. The van der Waals surface area contributed by atoms with Gasteiger partial charge in [0.25, 0.3) is 0 Å².